The second-order valence-electron chi connectivity index (χ2n) is 5.64. The first-order chi connectivity index (χ1) is 12.1. The number of benzene rings is 1. The minimum Gasteiger partial charge on any atom is -0.497 e. The Balaban J connectivity index is 1.85. The van der Waals surface area contributed by atoms with E-state index in [1.165, 1.54) is 5.01 Å². The van der Waals surface area contributed by atoms with E-state index in [-0.39, 0.29) is 24.8 Å². The van der Waals surface area contributed by atoms with E-state index in [2.05, 4.69) is 5.10 Å². The van der Waals surface area contributed by atoms with Gasteiger partial charge in [0, 0.05) is 12.8 Å². The summed E-state index contributed by atoms with van der Waals surface area (Å²) in [6.07, 6.45) is 1.71. The molecule has 0 bridgehead atoms. The molecule has 3 rings (SSSR count). The van der Waals surface area contributed by atoms with Gasteiger partial charge in [0.2, 0.25) is 5.91 Å². The third-order valence-electron chi connectivity index (χ3n) is 4.01. The van der Waals surface area contributed by atoms with Crippen LogP contribution < -0.4 is 4.74 Å². The predicted octanol–water partition coefficient (Wildman–Crippen LogP) is 2.83. The zero-order valence-corrected chi connectivity index (χ0v) is 13.7. The molecule has 0 radical (unpaired) electrons. The summed E-state index contributed by atoms with van der Waals surface area (Å²) in [5, 5.41) is 14.6. The Hall–Kier alpha value is -3.09. The lowest BCUT2D eigenvalue weighted by molar-refractivity contribution is -0.141. The van der Waals surface area contributed by atoms with Crippen LogP contribution in [0.5, 0.6) is 5.75 Å². The molecular formula is C18H18N2O5. The number of hydrogen-bond donors (Lipinski definition) is 1. The van der Waals surface area contributed by atoms with E-state index >= 15 is 0 Å². The molecule has 0 aliphatic carbocycles. The lowest BCUT2D eigenvalue weighted by atomic mass is 10.0. The van der Waals surface area contributed by atoms with E-state index in [0.717, 1.165) is 17.0 Å². The third-order valence-corrected chi connectivity index (χ3v) is 4.01. The summed E-state index contributed by atoms with van der Waals surface area (Å²) in [7, 11) is 1.60. The molecule has 0 fully saturated rings. The highest BCUT2D eigenvalue weighted by Gasteiger charge is 2.34. The van der Waals surface area contributed by atoms with Crippen molar-refractivity contribution in [3.63, 3.8) is 0 Å². The number of hydrazone groups is 1. The molecule has 1 N–H and O–H groups in total. The summed E-state index contributed by atoms with van der Waals surface area (Å²) in [5.41, 5.74) is 1.62. The van der Waals surface area contributed by atoms with Crippen LogP contribution in [0.25, 0.3) is 0 Å². The summed E-state index contributed by atoms with van der Waals surface area (Å²) in [6, 6.07) is 10.6. The van der Waals surface area contributed by atoms with Crippen molar-refractivity contribution < 1.29 is 23.8 Å². The lowest BCUT2D eigenvalue weighted by Crippen LogP contribution is -2.27. The maximum atomic E-state index is 12.4. The SMILES string of the molecule is COc1ccc(C2=NN(C(=O)CCC(=O)O)[C@@H](c3ccco3)C2)cc1. The van der Waals surface area contributed by atoms with Gasteiger partial charge in [-0.3, -0.25) is 9.59 Å². The minimum atomic E-state index is -1.01. The molecule has 1 aromatic heterocycles. The van der Waals surface area contributed by atoms with Crippen molar-refractivity contribution in [3.05, 3.63) is 54.0 Å². The van der Waals surface area contributed by atoms with Gasteiger partial charge in [0.1, 0.15) is 17.6 Å². The van der Waals surface area contributed by atoms with Gasteiger partial charge in [-0.15, -0.1) is 0 Å². The summed E-state index contributed by atoms with van der Waals surface area (Å²) >= 11 is 0. The van der Waals surface area contributed by atoms with Crippen molar-refractivity contribution in [2.24, 2.45) is 5.10 Å². The normalized spacial score (nSPS) is 16.6. The second kappa shape index (κ2) is 7.21. The highest BCUT2D eigenvalue weighted by Crippen LogP contribution is 2.33. The zero-order valence-electron chi connectivity index (χ0n) is 13.7. The first kappa shape index (κ1) is 16.8. The minimum absolute atomic E-state index is 0.105. The predicted molar refractivity (Wildman–Crippen MR) is 89.3 cm³/mol. The van der Waals surface area contributed by atoms with Gasteiger partial charge in [-0.1, -0.05) is 0 Å². The fraction of sp³-hybridized carbons (Fsp3) is 0.278. The Morgan fingerprint density at radius 1 is 1.28 bits per heavy atom. The number of carbonyl (C=O) groups is 2. The number of hydrogen-bond acceptors (Lipinski definition) is 5. The lowest BCUT2D eigenvalue weighted by Gasteiger charge is -2.19. The van der Waals surface area contributed by atoms with Crippen LogP contribution in [0.3, 0.4) is 0 Å². The summed E-state index contributed by atoms with van der Waals surface area (Å²) in [5.74, 6) is 0.00373. The average molecular weight is 342 g/mol. The van der Waals surface area contributed by atoms with Crippen LogP contribution in [0.2, 0.25) is 0 Å². The van der Waals surface area contributed by atoms with Crippen LogP contribution in [0.4, 0.5) is 0 Å². The standard InChI is InChI=1S/C18H18N2O5/c1-24-13-6-4-12(5-7-13)14-11-15(16-3-2-10-25-16)20(19-14)17(21)8-9-18(22)23/h2-7,10,15H,8-9,11H2,1H3,(H,22,23)/t15-/m1/s1. The fourth-order valence-electron chi connectivity index (χ4n) is 2.73. The van der Waals surface area contributed by atoms with Gasteiger partial charge in [0.25, 0.3) is 0 Å². The molecule has 1 atom stereocenters. The number of nitrogens with zero attached hydrogens (tertiary/aromatic N) is 2. The molecule has 0 saturated heterocycles. The monoisotopic (exact) mass is 342 g/mol. The molecule has 130 valence electrons. The number of aliphatic carboxylic acids is 1. The van der Waals surface area contributed by atoms with Crippen molar-refractivity contribution in [1.29, 1.82) is 0 Å². The molecule has 0 spiro atoms. The maximum absolute atomic E-state index is 12.4. The van der Waals surface area contributed by atoms with E-state index in [9.17, 15) is 9.59 Å². The number of ether oxygens (including phenoxy) is 1. The number of methoxy groups -OCH3 is 1. The van der Waals surface area contributed by atoms with Crippen molar-refractivity contribution >= 4 is 17.6 Å². The Labute approximate surface area is 144 Å². The van der Waals surface area contributed by atoms with Gasteiger partial charge in [-0.25, -0.2) is 5.01 Å². The highest BCUT2D eigenvalue weighted by atomic mass is 16.5. The first-order valence-electron chi connectivity index (χ1n) is 7.87. The Kier molecular flexibility index (Phi) is 4.83. The van der Waals surface area contributed by atoms with Crippen LogP contribution in [-0.4, -0.2) is 34.8 Å². The number of carboxylic acid groups (broad SMARTS) is 1. The van der Waals surface area contributed by atoms with Crippen LogP contribution in [0, 0.1) is 0 Å². The van der Waals surface area contributed by atoms with Crippen molar-refractivity contribution in [2.75, 3.05) is 7.11 Å². The van der Waals surface area contributed by atoms with E-state index < -0.39 is 5.97 Å². The molecule has 7 nitrogen and oxygen atoms in total. The van der Waals surface area contributed by atoms with Crippen LogP contribution in [-0.2, 0) is 9.59 Å². The molecule has 25 heavy (non-hydrogen) atoms. The van der Waals surface area contributed by atoms with Crippen LogP contribution in [0.1, 0.15) is 36.6 Å². The van der Waals surface area contributed by atoms with Gasteiger partial charge < -0.3 is 14.3 Å². The molecule has 1 amide bonds. The fourth-order valence-corrected chi connectivity index (χ4v) is 2.73. The van der Waals surface area contributed by atoms with Crippen LogP contribution in [0.15, 0.2) is 52.2 Å². The quantitative estimate of drug-likeness (QED) is 0.871. The zero-order chi connectivity index (χ0) is 17.8. The van der Waals surface area contributed by atoms with Crippen molar-refractivity contribution in [3.8, 4) is 5.75 Å². The van der Waals surface area contributed by atoms with E-state index in [4.69, 9.17) is 14.3 Å². The molecule has 0 saturated carbocycles. The Morgan fingerprint density at radius 2 is 2.04 bits per heavy atom. The number of amides is 1. The number of furan rings is 1. The highest BCUT2D eigenvalue weighted by molar-refractivity contribution is 6.03. The summed E-state index contributed by atoms with van der Waals surface area (Å²) in [4.78, 5) is 23.2. The van der Waals surface area contributed by atoms with Gasteiger partial charge >= 0.3 is 5.97 Å². The summed E-state index contributed by atoms with van der Waals surface area (Å²) < 4.78 is 10.6. The van der Waals surface area contributed by atoms with Gasteiger partial charge in [-0.2, -0.15) is 5.10 Å². The molecule has 7 heteroatoms. The van der Waals surface area contributed by atoms with Gasteiger partial charge in [-0.05, 0) is 42.0 Å². The van der Waals surface area contributed by atoms with Crippen molar-refractivity contribution in [1.82, 2.24) is 5.01 Å². The molecule has 2 heterocycles. The molecule has 1 aromatic carbocycles. The molecule has 1 aliphatic heterocycles. The van der Waals surface area contributed by atoms with E-state index in [1.54, 1.807) is 25.5 Å². The van der Waals surface area contributed by atoms with Gasteiger partial charge in [0.05, 0.1) is 25.5 Å². The third kappa shape index (κ3) is 3.71. The van der Waals surface area contributed by atoms with Crippen LogP contribution >= 0.6 is 0 Å². The summed E-state index contributed by atoms with van der Waals surface area (Å²) in [6.45, 7) is 0. The maximum Gasteiger partial charge on any atom is 0.303 e. The van der Waals surface area contributed by atoms with Gasteiger partial charge in [0.15, 0.2) is 0 Å². The van der Waals surface area contributed by atoms with Crippen molar-refractivity contribution in [2.45, 2.75) is 25.3 Å². The first-order valence-corrected chi connectivity index (χ1v) is 7.87. The Bertz CT molecular complexity index is 780. The number of rotatable bonds is 6. The topological polar surface area (TPSA) is 92.3 Å². The van der Waals surface area contributed by atoms with E-state index in [1.807, 2.05) is 24.3 Å². The second-order valence-corrected chi connectivity index (χ2v) is 5.64. The number of carboxylic acids is 1. The largest absolute Gasteiger partial charge is 0.497 e. The number of carbonyl (C=O) groups excluding carboxylic acids is 1. The molecule has 1 aliphatic rings. The molecular weight excluding hydrogens is 324 g/mol. The average Bonchev–Trinajstić information content (AvgIpc) is 3.29. The molecule has 2 aromatic rings. The molecule has 0 unspecified atom stereocenters. The van der Waals surface area contributed by atoms with E-state index in [0.29, 0.717) is 12.2 Å². The smallest absolute Gasteiger partial charge is 0.303 e. The Morgan fingerprint density at radius 3 is 2.64 bits per heavy atom.